The second-order valence-corrected chi connectivity index (χ2v) is 6.86. The van der Waals surface area contributed by atoms with E-state index < -0.39 is 0 Å². The number of carbonyl (C=O) groups is 2. The number of hydrogen-bond donors (Lipinski definition) is 0. The van der Waals surface area contributed by atoms with Crippen molar-refractivity contribution in [3.05, 3.63) is 12.2 Å². The van der Waals surface area contributed by atoms with Gasteiger partial charge in [0.05, 0.1) is 13.0 Å². The third-order valence-corrected chi connectivity index (χ3v) is 5.54. The van der Waals surface area contributed by atoms with E-state index in [-0.39, 0.29) is 28.6 Å². The highest BCUT2D eigenvalue weighted by molar-refractivity contribution is 5.86. The zero-order valence-corrected chi connectivity index (χ0v) is 12.4. The molecule has 0 saturated heterocycles. The van der Waals surface area contributed by atoms with Crippen molar-refractivity contribution in [1.29, 1.82) is 0 Å². The molecular weight excluding hydrogens is 240 g/mol. The molecule has 2 fully saturated rings. The minimum absolute atomic E-state index is 0.192. The van der Waals surface area contributed by atoms with Crippen LogP contribution >= 0.6 is 0 Å². The van der Waals surface area contributed by atoms with Gasteiger partial charge in [-0.05, 0) is 30.6 Å². The molecule has 0 amide bonds. The molecule has 2 rings (SSSR count). The largest absolute Gasteiger partial charge is 0.469 e. The minimum Gasteiger partial charge on any atom is -0.469 e. The van der Waals surface area contributed by atoms with Gasteiger partial charge >= 0.3 is 5.97 Å². The Balaban J connectivity index is 2.45. The van der Waals surface area contributed by atoms with Gasteiger partial charge in [-0.3, -0.25) is 9.59 Å². The Morgan fingerprint density at radius 3 is 2.53 bits per heavy atom. The van der Waals surface area contributed by atoms with E-state index in [1.807, 2.05) is 13.8 Å². The van der Waals surface area contributed by atoms with Crippen molar-refractivity contribution in [3.8, 4) is 0 Å². The molecule has 19 heavy (non-hydrogen) atoms. The molecule has 0 radical (unpaired) electrons. The lowest BCUT2D eigenvalue weighted by Gasteiger charge is -2.55. The molecular formula is C16H24O3. The molecule has 0 unspecified atom stereocenters. The molecule has 0 spiro atoms. The maximum Gasteiger partial charge on any atom is 0.313 e. The van der Waals surface area contributed by atoms with Crippen molar-refractivity contribution < 1.29 is 14.3 Å². The van der Waals surface area contributed by atoms with E-state index in [0.717, 1.165) is 24.8 Å². The number of hydrogen-bond acceptors (Lipinski definition) is 3. The number of fused-ring (bicyclic) bond motifs is 1. The van der Waals surface area contributed by atoms with Crippen LogP contribution in [0, 0.1) is 22.7 Å². The molecule has 0 bridgehead atoms. The lowest BCUT2D eigenvalue weighted by atomic mass is 9.47. The second-order valence-electron chi connectivity index (χ2n) is 6.86. The maximum absolute atomic E-state index is 12.2. The minimum atomic E-state index is -0.347. The highest BCUT2D eigenvalue weighted by Gasteiger charge is 2.58. The Bertz CT molecular complexity index is 427. The molecule has 3 nitrogen and oxygen atoms in total. The Hall–Kier alpha value is -1.12. The second kappa shape index (κ2) is 4.46. The van der Waals surface area contributed by atoms with Crippen molar-refractivity contribution in [3.63, 3.8) is 0 Å². The first-order valence-corrected chi connectivity index (χ1v) is 7.04. The molecule has 2 saturated carbocycles. The van der Waals surface area contributed by atoms with Crippen LogP contribution in [-0.4, -0.2) is 18.9 Å². The molecule has 0 aliphatic heterocycles. The van der Waals surface area contributed by atoms with Crippen LogP contribution < -0.4 is 0 Å². The van der Waals surface area contributed by atoms with Gasteiger partial charge in [0.2, 0.25) is 0 Å². The van der Waals surface area contributed by atoms with Gasteiger partial charge in [-0.15, -0.1) is 0 Å². The van der Waals surface area contributed by atoms with Gasteiger partial charge in [-0.25, -0.2) is 0 Å². The molecule has 0 N–H and O–H groups in total. The summed E-state index contributed by atoms with van der Waals surface area (Å²) in [6.07, 6.45) is 3.08. The van der Waals surface area contributed by atoms with Crippen LogP contribution in [0.3, 0.4) is 0 Å². The van der Waals surface area contributed by atoms with Gasteiger partial charge in [0.15, 0.2) is 0 Å². The molecule has 0 aromatic heterocycles. The standard InChI is InChI=1S/C16H24O3/c1-10-6-7-11-15(2,3)12(17)8-9-16(11,4)13(10)14(18)19-5/h11,13H,1,6-9H2,2-5H3/t11-,13+,16-/m0/s1. The average Bonchev–Trinajstić information content (AvgIpc) is 2.33. The summed E-state index contributed by atoms with van der Waals surface area (Å²) in [5.41, 5.74) is 0.426. The Labute approximate surface area is 115 Å². The summed E-state index contributed by atoms with van der Waals surface area (Å²) in [6, 6.07) is 0. The monoisotopic (exact) mass is 264 g/mol. The Morgan fingerprint density at radius 2 is 1.95 bits per heavy atom. The van der Waals surface area contributed by atoms with Crippen LogP contribution in [0.15, 0.2) is 12.2 Å². The van der Waals surface area contributed by atoms with E-state index in [0.29, 0.717) is 12.2 Å². The summed E-state index contributed by atoms with van der Waals surface area (Å²) in [7, 11) is 1.43. The van der Waals surface area contributed by atoms with Crippen molar-refractivity contribution in [2.75, 3.05) is 7.11 Å². The predicted molar refractivity (Wildman–Crippen MR) is 73.5 cm³/mol. The van der Waals surface area contributed by atoms with Gasteiger partial charge in [0, 0.05) is 11.8 Å². The maximum atomic E-state index is 12.2. The Morgan fingerprint density at radius 1 is 1.32 bits per heavy atom. The first-order valence-electron chi connectivity index (χ1n) is 7.04. The van der Waals surface area contributed by atoms with E-state index in [9.17, 15) is 9.59 Å². The van der Waals surface area contributed by atoms with E-state index in [1.165, 1.54) is 7.11 Å². The summed E-state index contributed by atoms with van der Waals surface area (Å²) in [5.74, 6) is 0.105. The van der Waals surface area contributed by atoms with Gasteiger partial charge < -0.3 is 4.74 Å². The van der Waals surface area contributed by atoms with Crippen molar-refractivity contribution in [2.45, 2.75) is 46.5 Å². The van der Waals surface area contributed by atoms with Crippen LogP contribution in [0.4, 0.5) is 0 Å². The molecule has 3 atom stereocenters. The van der Waals surface area contributed by atoms with Gasteiger partial charge in [-0.1, -0.05) is 32.9 Å². The third-order valence-electron chi connectivity index (χ3n) is 5.54. The number of methoxy groups -OCH3 is 1. The van der Waals surface area contributed by atoms with E-state index in [4.69, 9.17) is 4.74 Å². The van der Waals surface area contributed by atoms with Crippen LogP contribution in [0.1, 0.15) is 46.5 Å². The summed E-state index contributed by atoms with van der Waals surface area (Å²) in [5, 5.41) is 0. The van der Waals surface area contributed by atoms with E-state index >= 15 is 0 Å². The fraction of sp³-hybridized carbons (Fsp3) is 0.750. The first kappa shape index (κ1) is 14.3. The topological polar surface area (TPSA) is 43.4 Å². The quantitative estimate of drug-likeness (QED) is 0.540. The molecule has 2 aliphatic rings. The zero-order chi connectivity index (χ0) is 14.4. The first-order chi connectivity index (χ1) is 8.75. The zero-order valence-electron chi connectivity index (χ0n) is 12.4. The number of rotatable bonds is 1. The highest BCUT2D eigenvalue weighted by atomic mass is 16.5. The van der Waals surface area contributed by atoms with Gasteiger partial charge in [0.1, 0.15) is 5.78 Å². The highest BCUT2D eigenvalue weighted by Crippen LogP contribution is 2.59. The van der Waals surface area contributed by atoms with Crippen molar-refractivity contribution in [2.24, 2.45) is 22.7 Å². The number of ether oxygens (including phenoxy) is 1. The van der Waals surface area contributed by atoms with Crippen LogP contribution in [0.2, 0.25) is 0 Å². The number of esters is 1. The summed E-state index contributed by atoms with van der Waals surface area (Å²) in [6.45, 7) is 10.3. The summed E-state index contributed by atoms with van der Waals surface area (Å²) < 4.78 is 4.98. The van der Waals surface area contributed by atoms with Crippen LogP contribution in [0.5, 0.6) is 0 Å². The van der Waals surface area contributed by atoms with Crippen molar-refractivity contribution >= 4 is 11.8 Å². The SMILES string of the molecule is C=C1CC[C@H]2C(C)(C)C(=O)CC[C@]2(C)[C@H]1C(=O)OC. The summed E-state index contributed by atoms with van der Waals surface area (Å²) >= 11 is 0. The molecule has 0 aromatic rings. The molecule has 0 heterocycles. The number of ketones is 1. The fourth-order valence-corrected chi connectivity index (χ4v) is 4.43. The molecule has 106 valence electrons. The average molecular weight is 264 g/mol. The Kier molecular flexibility index (Phi) is 3.36. The molecule has 2 aliphatic carbocycles. The van der Waals surface area contributed by atoms with Crippen LogP contribution in [0.25, 0.3) is 0 Å². The smallest absolute Gasteiger partial charge is 0.313 e. The lowest BCUT2D eigenvalue weighted by molar-refractivity contribution is -0.161. The molecule has 0 aromatic carbocycles. The number of Topliss-reactive ketones (excluding diaryl/α,β-unsaturated/α-hetero) is 1. The van der Waals surface area contributed by atoms with E-state index in [1.54, 1.807) is 0 Å². The summed E-state index contributed by atoms with van der Waals surface area (Å²) in [4.78, 5) is 24.4. The lowest BCUT2D eigenvalue weighted by Crippen LogP contribution is -2.55. The van der Waals surface area contributed by atoms with Gasteiger partial charge in [0.25, 0.3) is 0 Å². The van der Waals surface area contributed by atoms with E-state index in [2.05, 4.69) is 13.5 Å². The molecule has 3 heteroatoms. The fourth-order valence-electron chi connectivity index (χ4n) is 4.43. The van der Waals surface area contributed by atoms with Crippen LogP contribution in [-0.2, 0) is 14.3 Å². The predicted octanol–water partition coefficient (Wildman–Crippen LogP) is 3.14. The third kappa shape index (κ3) is 1.94. The normalized spacial score (nSPS) is 37.7. The van der Waals surface area contributed by atoms with Gasteiger partial charge in [-0.2, -0.15) is 0 Å². The number of carbonyl (C=O) groups excluding carboxylic acids is 2. The van der Waals surface area contributed by atoms with Crippen molar-refractivity contribution in [1.82, 2.24) is 0 Å².